The molecule has 0 N–H and O–H groups in total. The van der Waals surface area contributed by atoms with Crippen LogP contribution in [0.15, 0.2) is 41.1 Å². The van der Waals surface area contributed by atoms with Gasteiger partial charge in [-0.15, -0.1) is 11.6 Å². The molecule has 0 aliphatic heterocycles. The lowest BCUT2D eigenvalue weighted by atomic mass is 10.3. The van der Waals surface area contributed by atoms with Crippen LogP contribution in [0.4, 0.5) is 5.69 Å². The number of pyridine rings is 1. The number of halogens is 2. The maximum Gasteiger partial charge on any atom is 0.287 e. The van der Waals surface area contributed by atoms with Gasteiger partial charge < -0.3 is 4.74 Å². The quantitative estimate of drug-likeness (QED) is 0.472. The van der Waals surface area contributed by atoms with Crippen molar-refractivity contribution < 1.29 is 9.66 Å². The normalized spacial score (nSPS) is 10.2. The van der Waals surface area contributed by atoms with Crippen LogP contribution in [0.1, 0.15) is 5.56 Å². The average molecular weight is 344 g/mol. The molecule has 0 unspecified atom stereocenters. The number of benzene rings is 1. The van der Waals surface area contributed by atoms with Gasteiger partial charge >= 0.3 is 0 Å². The molecule has 19 heavy (non-hydrogen) atoms. The Bertz CT molecular complexity index is 622. The lowest BCUT2D eigenvalue weighted by molar-refractivity contribution is -0.385. The Morgan fingerprint density at radius 2 is 2.21 bits per heavy atom. The van der Waals surface area contributed by atoms with Crippen molar-refractivity contribution in [1.29, 1.82) is 0 Å². The summed E-state index contributed by atoms with van der Waals surface area (Å²) in [6, 6.07) is 6.30. The minimum atomic E-state index is -0.482. The number of nitrogens with zero attached hydrogens (tertiary/aromatic N) is 2. The van der Waals surface area contributed by atoms with Crippen LogP contribution >= 0.6 is 27.5 Å². The molecule has 98 valence electrons. The third-order valence-electron chi connectivity index (χ3n) is 2.29. The van der Waals surface area contributed by atoms with Gasteiger partial charge in [0.25, 0.3) is 5.69 Å². The number of ether oxygens (including phenoxy) is 1. The molecule has 0 aliphatic carbocycles. The van der Waals surface area contributed by atoms with Gasteiger partial charge in [-0.1, -0.05) is 6.07 Å². The summed E-state index contributed by atoms with van der Waals surface area (Å²) >= 11 is 8.87. The Morgan fingerprint density at radius 1 is 1.42 bits per heavy atom. The topological polar surface area (TPSA) is 65.3 Å². The zero-order chi connectivity index (χ0) is 13.8. The van der Waals surface area contributed by atoms with E-state index in [1.807, 2.05) is 0 Å². The Balaban J connectivity index is 2.33. The molecule has 5 nitrogen and oxygen atoms in total. The first-order chi connectivity index (χ1) is 9.11. The second kappa shape index (κ2) is 5.99. The van der Waals surface area contributed by atoms with Crippen LogP contribution in [-0.2, 0) is 5.88 Å². The summed E-state index contributed by atoms with van der Waals surface area (Å²) in [7, 11) is 0. The molecule has 0 fully saturated rings. The molecule has 7 heteroatoms. The zero-order valence-corrected chi connectivity index (χ0v) is 11.9. The lowest BCUT2D eigenvalue weighted by Gasteiger charge is -2.08. The Hall–Kier alpha value is -1.66. The highest BCUT2D eigenvalue weighted by atomic mass is 79.9. The van der Waals surface area contributed by atoms with E-state index in [9.17, 15) is 10.1 Å². The monoisotopic (exact) mass is 342 g/mol. The van der Waals surface area contributed by atoms with Crippen molar-refractivity contribution in [2.45, 2.75) is 5.88 Å². The Morgan fingerprint density at radius 3 is 2.89 bits per heavy atom. The minimum absolute atomic E-state index is 0.0565. The first-order valence-electron chi connectivity index (χ1n) is 5.22. The summed E-state index contributed by atoms with van der Waals surface area (Å²) < 4.78 is 5.86. The van der Waals surface area contributed by atoms with Crippen LogP contribution in [0, 0.1) is 10.1 Å². The maximum absolute atomic E-state index is 10.8. The van der Waals surface area contributed by atoms with Crippen LogP contribution in [0.2, 0.25) is 0 Å². The highest BCUT2D eigenvalue weighted by Crippen LogP contribution is 2.36. The van der Waals surface area contributed by atoms with E-state index in [-0.39, 0.29) is 10.2 Å². The first kappa shape index (κ1) is 13.8. The van der Waals surface area contributed by atoms with Crippen molar-refractivity contribution in [3.63, 3.8) is 0 Å². The first-order valence-corrected chi connectivity index (χ1v) is 6.55. The fourth-order valence-electron chi connectivity index (χ4n) is 1.44. The molecule has 0 bridgehead atoms. The molecule has 0 saturated heterocycles. The van der Waals surface area contributed by atoms with E-state index in [2.05, 4.69) is 20.9 Å². The third kappa shape index (κ3) is 3.21. The predicted octanol–water partition coefficient (Wildman–Crippen LogP) is 4.28. The van der Waals surface area contributed by atoms with E-state index in [1.165, 1.54) is 12.3 Å². The van der Waals surface area contributed by atoms with Crippen molar-refractivity contribution in [2.75, 3.05) is 0 Å². The van der Waals surface area contributed by atoms with Crippen molar-refractivity contribution in [1.82, 2.24) is 4.98 Å². The van der Waals surface area contributed by atoms with E-state index in [1.54, 1.807) is 24.4 Å². The second-order valence-electron chi connectivity index (χ2n) is 3.61. The van der Waals surface area contributed by atoms with E-state index >= 15 is 0 Å². The third-order valence-corrected chi connectivity index (χ3v) is 3.40. The molecule has 0 radical (unpaired) electrons. The number of alkyl halides is 1. The van der Waals surface area contributed by atoms with Crippen LogP contribution in [0.3, 0.4) is 0 Å². The van der Waals surface area contributed by atoms with Gasteiger partial charge in [0.05, 0.1) is 11.1 Å². The van der Waals surface area contributed by atoms with Gasteiger partial charge in [-0.05, 0) is 33.6 Å². The van der Waals surface area contributed by atoms with Crippen molar-refractivity contribution >= 4 is 33.2 Å². The standard InChI is InChI=1S/C12H8BrClN2O3/c13-12-10(16(17)18)2-1-3-11(12)19-9-4-8(5-14)6-15-7-9/h1-4,6-7H,5H2. The van der Waals surface area contributed by atoms with E-state index in [0.717, 1.165) is 5.56 Å². The summed E-state index contributed by atoms with van der Waals surface area (Å²) in [4.78, 5) is 14.3. The average Bonchev–Trinajstić information content (AvgIpc) is 2.41. The molecule has 2 aromatic rings. The molecule has 1 aromatic heterocycles. The summed E-state index contributed by atoms with van der Waals surface area (Å²) in [5, 5.41) is 10.8. The maximum atomic E-state index is 10.8. The lowest BCUT2D eigenvalue weighted by Crippen LogP contribution is -1.93. The molecule has 0 aliphatic rings. The van der Waals surface area contributed by atoms with Gasteiger partial charge in [0.15, 0.2) is 0 Å². The summed E-state index contributed by atoms with van der Waals surface area (Å²) in [6.45, 7) is 0. The predicted molar refractivity (Wildman–Crippen MR) is 74.7 cm³/mol. The number of hydrogen-bond acceptors (Lipinski definition) is 4. The summed E-state index contributed by atoms with van der Waals surface area (Å²) in [5.41, 5.74) is 0.750. The van der Waals surface area contributed by atoms with Crippen LogP contribution in [0.25, 0.3) is 0 Å². The minimum Gasteiger partial charge on any atom is -0.454 e. The van der Waals surface area contributed by atoms with Crippen molar-refractivity contribution in [3.8, 4) is 11.5 Å². The number of rotatable bonds is 4. The van der Waals surface area contributed by atoms with Crippen LogP contribution in [-0.4, -0.2) is 9.91 Å². The molecule has 1 heterocycles. The fourth-order valence-corrected chi connectivity index (χ4v) is 2.07. The van der Waals surface area contributed by atoms with Gasteiger partial charge in [0, 0.05) is 18.1 Å². The number of nitro benzene ring substituents is 1. The Kier molecular flexibility index (Phi) is 4.34. The second-order valence-corrected chi connectivity index (χ2v) is 4.67. The molecular formula is C12H8BrClN2O3. The largest absolute Gasteiger partial charge is 0.454 e. The fraction of sp³-hybridized carbons (Fsp3) is 0.0833. The summed E-state index contributed by atoms with van der Waals surface area (Å²) in [5.74, 6) is 1.14. The number of nitro groups is 1. The molecule has 0 atom stereocenters. The van der Waals surface area contributed by atoms with Gasteiger partial charge in [0.2, 0.25) is 0 Å². The van der Waals surface area contributed by atoms with Crippen LogP contribution < -0.4 is 4.74 Å². The van der Waals surface area contributed by atoms with E-state index in [0.29, 0.717) is 17.4 Å². The molecule has 0 amide bonds. The smallest absolute Gasteiger partial charge is 0.287 e. The SMILES string of the molecule is O=[N+]([O-])c1cccc(Oc2cncc(CCl)c2)c1Br. The summed E-state index contributed by atoms with van der Waals surface area (Å²) in [6.07, 6.45) is 3.14. The molecule has 0 spiro atoms. The van der Waals surface area contributed by atoms with Crippen molar-refractivity contribution in [2.24, 2.45) is 0 Å². The molecule has 1 aromatic carbocycles. The molecule has 2 rings (SSSR count). The van der Waals surface area contributed by atoms with E-state index < -0.39 is 4.92 Å². The number of hydrogen-bond donors (Lipinski definition) is 0. The van der Waals surface area contributed by atoms with Gasteiger partial charge in [-0.3, -0.25) is 15.1 Å². The highest BCUT2D eigenvalue weighted by molar-refractivity contribution is 9.10. The van der Waals surface area contributed by atoms with Gasteiger partial charge in [-0.2, -0.15) is 0 Å². The van der Waals surface area contributed by atoms with E-state index in [4.69, 9.17) is 16.3 Å². The van der Waals surface area contributed by atoms with Crippen LogP contribution in [0.5, 0.6) is 11.5 Å². The van der Waals surface area contributed by atoms with Crippen molar-refractivity contribution in [3.05, 3.63) is 56.8 Å². The molecule has 0 saturated carbocycles. The van der Waals surface area contributed by atoms with Gasteiger partial charge in [-0.25, -0.2) is 0 Å². The number of aromatic nitrogens is 1. The Labute approximate surface area is 122 Å². The van der Waals surface area contributed by atoms with Gasteiger partial charge in [0.1, 0.15) is 16.0 Å². The zero-order valence-electron chi connectivity index (χ0n) is 9.55. The molecular weight excluding hydrogens is 336 g/mol. The highest BCUT2D eigenvalue weighted by Gasteiger charge is 2.16.